The van der Waals surface area contributed by atoms with Gasteiger partial charge in [0.1, 0.15) is 48.3 Å². The maximum absolute atomic E-state index is 12.7. The summed E-state index contributed by atoms with van der Waals surface area (Å²) in [5.74, 6) is -7.24. The van der Waals surface area contributed by atoms with Crippen molar-refractivity contribution < 1.29 is 81.8 Å². The third-order valence-corrected chi connectivity index (χ3v) is 8.75. The largest absolute Gasteiger partial charge is 0.480 e. The van der Waals surface area contributed by atoms with Gasteiger partial charge < -0.3 is 55.8 Å². The maximum atomic E-state index is 12.7. The van der Waals surface area contributed by atoms with Crippen LogP contribution in [0, 0.1) is 0 Å². The molecule has 0 bridgehead atoms. The number of ketones is 1. The van der Waals surface area contributed by atoms with Gasteiger partial charge in [0.25, 0.3) is 0 Å². The minimum absolute atomic E-state index is 0.0442. The van der Waals surface area contributed by atoms with E-state index in [9.17, 15) is 43.2 Å². The topological polar surface area (TPSA) is 328 Å². The monoisotopic (exact) mass is 879 g/mol. The molecule has 4 atom stereocenters. The Balaban J connectivity index is 1.51. The molecule has 3 aromatic carbocycles. The molecular weight excluding hydrogens is 830 g/mol. The highest BCUT2D eigenvalue weighted by Gasteiger charge is 2.22. The molecule has 0 amide bonds. The van der Waals surface area contributed by atoms with Crippen LogP contribution in [0.25, 0.3) is 0 Å². The van der Waals surface area contributed by atoms with E-state index in [-0.39, 0.29) is 35.9 Å². The van der Waals surface area contributed by atoms with Gasteiger partial charge in [0.2, 0.25) is 0 Å². The molecule has 0 spiro atoms. The third-order valence-electron chi connectivity index (χ3n) is 8.75. The summed E-state index contributed by atoms with van der Waals surface area (Å²) >= 11 is 0. The average molecular weight is 880 g/mol. The minimum Gasteiger partial charge on any atom is -0.480 e. The number of carbonyl (C=O) groups is 9. The second-order valence-electron chi connectivity index (χ2n) is 14.1. The van der Waals surface area contributed by atoms with Crippen LogP contribution in [-0.2, 0) is 76.6 Å². The average Bonchev–Trinajstić information content (AvgIpc) is 3.24. The molecule has 338 valence electrons. The lowest BCUT2D eigenvalue weighted by Crippen LogP contribution is -2.32. The van der Waals surface area contributed by atoms with E-state index in [1.165, 1.54) is 67.6 Å². The lowest BCUT2D eigenvalue weighted by atomic mass is 10.0. The second kappa shape index (κ2) is 25.7. The molecule has 20 nitrogen and oxygen atoms in total. The molecular formula is C43H49N3O17. The van der Waals surface area contributed by atoms with Crippen LogP contribution in [0.2, 0.25) is 0 Å². The van der Waals surface area contributed by atoms with Crippen LogP contribution in [0.4, 0.5) is 0 Å². The van der Waals surface area contributed by atoms with Gasteiger partial charge >= 0.3 is 47.8 Å². The Morgan fingerprint density at radius 2 is 0.730 bits per heavy atom. The van der Waals surface area contributed by atoms with Gasteiger partial charge in [-0.05, 0) is 79.3 Å². The van der Waals surface area contributed by atoms with Gasteiger partial charge in [0.05, 0.1) is 44.6 Å². The highest BCUT2D eigenvalue weighted by molar-refractivity contribution is 5.82. The summed E-state index contributed by atoms with van der Waals surface area (Å²) in [6.45, 7) is 0.117. The van der Waals surface area contributed by atoms with Gasteiger partial charge in [-0.1, -0.05) is 36.4 Å². The van der Waals surface area contributed by atoms with E-state index in [0.29, 0.717) is 17.5 Å². The highest BCUT2D eigenvalue weighted by Crippen LogP contribution is 2.18. The van der Waals surface area contributed by atoms with Crippen molar-refractivity contribution in [3.05, 3.63) is 89.5 Å². The predicted molar refractivity (Wildman–Crippen MR) is 217 cm³/mol. The number of esters is 6. The molecule has 63 heavy (non-hydrogen) atoms. The Morgan fingerprint density at radius 1 is 0.444 bits per heavy atom. The van der Waals surface area contributed by atoms with E-state index in [4.69, 9.17) is 55.8 Å². The van der Waals surface area contributed by atoms with Crippen LogP contribution < -0.4 is 31.4 Å². The Morgan fingerprint density at radius 3 is 1.03 bits per heavy atom. The fourth-order valence-electron chi connectivity index (χ4n) is 5.20. The van der Waals surface area contributed by atoms with Crippen molar-refractivity contribution in [3.8, 4) is 17.2 Å². The van der Waals surface area contributed by atoms with Crippen molar-refractivity contribution in [2.24, 2.45) is 17.2 Å². The van der Waals surface area contributed by atoms with Crippen LogP contribution in [-0.4, -0.2) is 101 Å². The van der Waals surface area contributed by atoms with Crippen molar-refractivity contribution >= 4 is 53.5 Å². The van der Waals surface area contributed by atoms with Gasteiger partial charge in [-0.2, -0.15) is 0 Å². The molecule has 0 aliphatic heterocycles. The molecule has 0 aromatic heterocycles. The minimum atomic E-state index is -1.38. The number of carbonyl (C=O) groups excluding carboxylic acids is 7. The number of benzene rings is 3. The Labute approximate surface area is 360 Å². The molecule has 0 aliphatic rings. The van der Waals surface area contributed by atoms with Crippen LogP contribution in [0.3, 0.4) is 0 Å². The van der Waals surface area contributed by atoms with Gasteiger partial charge in [0.15, 0.2) is 6.10 Å². The molecule has 3 aromatic rings. The van der Waals surface area contributed by atoms with Gasteiger partial charge in [-0.25, -0.2) is 0 Å². The zero-order valence-electron chi connectivity index (χ0n) is 34.3. The summed E-state index contributed by atoms with van der Waals surface area (Å²) in [7, 11) is 0. The Kier molecular flexibility index (Phi) is 20.5. The normalized spacial score (nSPS) is 12.6. The summed E-state index contributed by atoms with van der Waals surface area (Å²) < 4.78 is 31.3. The van der Waals surface area contributed by atoms with E-state index in [2.05, 4.69) is 0 Å². The number of carboxylic acids is 2. The first-order chi connectivity index (χ1) is 29.9. The number of carboxylic acid groups (broad SMARTS) is 2. The molecule has 0 saturated carbocycles. The standard InChI is InChI=1S/C43H49N3O17/c1-25(47)33(44)20-26-2-8-29(9-3-26)60-38(50)16-14-36(48)58-23-32(63-41(53)19-18-40(52)62-31-12-6-28(7-13-31)22-35(46)43(56)57)24-59-37(49)15-17-39(51)61-30-10-4-27(5-11-30)21-34(45)42(54)55/h2-13,32-35H,14-24,44-46H2,1H3,(H,54,55)(H,56,57)/t32?,33-,34-,35-/m0/s1. The number of Topliss-reactive ketones (excluding diaryl/α,β-unsaturated/α-hetero) is 1. The zero-order chi connectivity index (χ0) is 46.5. The van der Waals surface area contributed by atoms with Crippen molar-refractivity contribution in [1.29, 1.82) is 0 Å². The van der Waals surface area contributed by atoms with Crippen molar-refractivity contribution in [3.63, 3.8) is 0 Å². The molecule has 0 saturated heterocycles. The molecule has 20 heteroatoms. The summed E-state index contributed by atoms with van der Waals surface area (Å²) in [5.41, 5.74) is 18.8. The smallest absolute Gasteiger partial charge is 0.320 e. The maximum Gasteiger partial charge on any atom is 0.320 e. The number of hydrogen-bond donors (Lipinski definition) is 5. The highest BCUT2D eigenvalue weighted by atomic mass is 16.6. The molecule has 0 aliphatic carbocycles. The van der Waals surface area contributed by atoms with E-state index in [1.807, 2.05) is 0 Å². The lowest BCUT2D eigenvalue weighted by Gasteiger charge is -2.18. The van der Waals surface area contributed by atoms with Gasteiger partial charge in [-0.15, -0.1) is 0 Å². The Hall–Kier alpha value is -7.03. The quantitative estimate of drug-likeness (QED) is 0.0433. The lowest BCUT2D eigenvalue weighted by molar-refractivity contribution is -0.167. The summed E-state index contributed by atoms with van der Waals surface area (Å²) in [6, 6.07) is 15.2. The number of hydrogen-bond acceptors (Lipinski definition) is 18. The van der Waals surface area contributed by atoms with E-state index < -0.39 is 124 Å². The summed E-state index contributed by atoms with van der Waals surface area (Å²) in [4.78, 5) is 108. The van der Waals surface area contributed by atoms with E-state index in [1.54, 1.807) is 12.1 Å². The number of nitrogens with two attached hydrogens (primary N) is 3. The van der Waals surface area contributed by atoms with Crippen molar-refractivity contribution in [2.45, 2.75) is 88.9 Å². The first kappa shape index (κ1) is 50.3. The Bertz CT molecular complexity index is 1970. The number of rotatable bonds is 26. The number of ether oxygens (including phenoxy) is 6. The van der Waals surface area contributed by atoms with Crippen LogP contribution in [0.15, 0.2) is 72.8 Å². The predicted octanol–water partition coefficient (Wildman–Crippen LogP) is 1.51. The van der Waals surface area contributed by atoms with Crippen molar-refractivity contribution in [1.82, 2.24) is 0 Å². The molecule has 0 fully saturated rings. The summed E-state index contributed by atoms with van der Waals surface area (Å²) in [6.07, 6.45) is -3.65. The molecule has 0 heterocycles. The third kappa shape index (κ3) is 19.9. The van der Waals surface area contributed by atoms with Gasteiger partial charge in [-0.3, -0.25) is 43.2 Å². The summed E-state index contributed by atoms with van der Waals surface area (Å²) in [5, 5.41) is 18.0. The number of aliphatic carboxylic acids is 2. The van der Waals surface area contributed by atoms with E-state index in [0.717, 1.165) is 5.56 Å². The van der Waals surface area contributed by atoms with Crippen LogP contribution in [0.5, 0.6) is 17.2 Å². The molecule has 3 rings (SSSR count). The van der Waals surface area contributed by atoms with Crippen molar-refractivity contribution in [2.75, 3.05) is 13.2 Å². The molecule has 8 N–H and O–H groups in total. The van der Waals surface area contributed by atoms with Crippen LogP contribution >= 0.6 is 0 Å². The fraction of sp³-hybridized carbons (Fsp3) is 0.372. The van der Waals surface area contributed by atoms with Crippen LogP contribution in [0.1, 0.15) is 62.1 Å². The SMILES string of the molecule is CC(=O)[C@@H](N)Cc1ccc(OC(=O)CCC(=O)OCC(COC(=O)CCC(=O)Oc2ccc(C[C@H](N)C(=O)O)cc2)OC(=O)CCC(=O)Oc2ccc(C[C@H](N)C(=O)O)cc2)cc1. The first-order valence-electron chi connectivity index (χ1n) is 19.5. The second-order valence-corrected chi connectivity index (χ2v) is 14.1. The first-order valence-corrected chi connectivity index (χ1v) is 19.5. The fourth-order valence-corrected chi connectivity index (χ4v) is 5.20. The van der Waals surface area contributed by atoms with E-state index >= 15 is 0 Å². The van der Waals surface area contributed by atoms with Gasteiger partial charge in [0, 0.05) is 0 Å². The molecule has 1 unspecified atom stereocenters. The molecule has 0 radical (unpaired) electrons. The zero-order valence-corrected chi connectivity index (χ0v) is 34.3.